The fourth-order valence-electron chi connectivity index (χ4n) is 3.61. The van der Waals surface area contributed by atoms with Crippen LogP contribution in [0.5, 0.6) is 0 Å². The lowest BCUT2D eigenvalue weighted by Crippen LogP contribution is -2.35. The summed E-state index contributed by atoms with van der Waals surface area (Å²) >= 11 is 0. The Morgan fingerprint density at radius 1 is 1.00 bits per heavy atom. The van der Waals surface area contributed by atoms with Gasteiger partial charge in [-0.3, -0.25) is 0 Å². The average Bonchev–Trinajstić information content (AvgIpc) is 2.96. The summed E-state index contributed by atoms with van der Waals surface area (Å²) in [6.07, 6.45) is 11.3. The minimum atomic E-state index is -0.683. The molecule has 88 valence electrons. The van der Waals surface area contributed by atoms with Gasteiger partial charge in [-0.2, -0.15) is 0 Å². The summed E-state index contributed by atoms with van der Waals surface area (Å²) in [6.45, 7) is 0. The van der Waals surface area contributed by atoms with Gasteiger partial charge in [0.25, 0.3) is 0 Å². The highest BCUT2D eigenvalue weighted by atomic mass is 16.4. The van der Waals surface area contributed by atoms with Gasteiger partial charge in [0.1, 0.15) is 11.4 Å². The van der Waals surface area contributed by atoms with Crippen molar-refractivity contribution in [3.8, 4) is 0 Å². The molecule has 3 rings (SSSR count). The molecule has 0 amide bonds. The highest BCUT2D eigenvalue weighted by Crippen LogP contribution is 2.53. The normalized spacial score (nSPS) is 27.3. The van der Waals surface area contributed by atoms with Crippen LogP contribution in [-0.2, 0) is 5.60 Å². The van der Waals surface area contributed by atoms with E-state index in [0.717, 1.165) is 18.6 Å². The number of furan rings is 1. The van der Waals surface area contributed by atoms with Gasteiger partial charge in [0.15, 0.2) is 0 Å². The summed E-state index contributed by atoms with van der Waals surface area (Å²) in [5.74, 6) is 0.764. The SMILES string of the molecule is OC1(c2ccco2)CCC2(CCCC2)CC1. The fourth-order valence-corrected chi connectivity index (χ4v) is 3.61. The van der Waals surface area contributed by atoms with E-state index in [4.69, 9.17) is 4.42 Å². The van der Waals surface area contributed by atoms with Crippen molar-refractivity contribution in [1.82, 2.24) is 0 Å². The van der Waals surface area contributed by atoms with E-state index < -0.39 is 5.60 Å². The van der Waals surface area contributed by atoms with Gasteiger partial charge in [-0.05, 0) is 56.1 Å². The van der Waals surface area contributed by atoms with Crippen LogP contribution >= 0.6 is 0 Å². The van der Waals surface area contributed by atoms with E-state index in [0.29, 0.717) is 5.41 Å². The zero-order chi connectivity index (χ0) is 11.1. The Morgan fingerprint density at radius 2 is 1.69 bits per heavy atom. The lowest BCUT2D eigenvalue weighted by Gasteiger charge is -2.41. The van der Waals surface area contributed by atoms with E-state index in [1.807, 2.05) is 12.1 Å². The van der Waals surface area contributed by atoms with E-state index in [2.05, 4.69) is 0 Å². The van der Waals surface area contributed by atoms with Crippen molar-refractivity contribution in [2.45, 2.75) is 57.0 Å². The van der Waals surface area contributed by atoms with Gasteiger partial charge in [-0.25, -0.2) is 0 Å². The van der Waals surface area contributed by atoms with Crippen LogP contribution in [0.4, 0.5) is 0 Å². The van der Waals surface area contributed by atoms with Crippen molar-refractivity contribution in [3.63, 3.8) is 0 Å². The van der Waals surface area contributed by atoms with Gasteiger partial charge >= 0.3 is 0 Å². The second-order valence-electron chi connectivity index (χ2n) is 5.72. The third kappa shape index (κ3) is 1.60. The summed E-state index contributed by atoms with van der Waals surface area (Å²) in [7, 11) is 0. The molecule has 2 aliphatic rings. The van der Waals surface area contributed by atoms with Crippen LogP contribution in [-0.4, -0.2) is 5.11 Å². The van der Waals surface area contributed by atoms with Crippen molar-refractivity contribution >= 4 is 0 Å². The van der Waals surface area contributed by atoms with Crippen molar-refractivity contribution in [2.75, 3.05) is 0 Å². The molecule has 1 N–H and O–H groups in total. The second-order valence-corrected chi connectivity index (χ2v) is 5.72. The first-order valence-electron chi connectivity index (χ1n) is 6.49. The lowest BCUT2D eigenvalue weighted by atomic mass is 9.67. The molecule has 16 heavy (non-hydrogen) atoms. The molecule has 1 aromatic rings. The van der Waals surface area contributed by atoms with E-state index >= 15 is 0 Å². The maximum Gasteiger partial charge on any atom is 0.135 e. The summed E-state index contributed by atoms with van der Waals surface area (Å²) in [5, 5.41) is 10.6. The van der Waals surface area contributed by atoms with Crippen LogP contribution < -0.4 is 0 Å². The lowest BCUT2D eigenvalue weighted by molar-refractivity contribution is -0.0527. The first-order chi connectivity index (χ1) is 7.73. The quantitative estimate of drug-likeness (QED) is 0.784. The Kier molecular flexibility index (Phi) is 2.36. The van der Waals surface area contributed by atoms with Crippen LogP contribution in [0.15, 0.2) is 22.8 Å². The zero-order valence-corrected chi connectivity index (χ0v) is 9.74. The largest absolute Gasteiger partial charge is 0.466 e. The highest BCUT2D eigenvalue weighted by Gasteiger charge is 2.44. The van der Waals surface area contributed by atoms with Crippen molar-refractivity contribution in [2.24, 2.45) is 5.41 Å². The average molecular weight is 220 g/mol. The Labute approximate surface area is 96.7 Å². The molecule has 0 atom stereocenters. The highest BCUT2D eigenvalue weighted by molar-refractivity contribution is 5.11. The molecule has 1 heterocycles. The standard InChI is InChI=1S/C14H20O2/c15-14(12-4-3-11-16-12)9-7-13(8-10-14)5-1-2-6-13/h3-4,11,15H,1-2,5-10H2. The molecule has 0 saturated heterocycles. The van der Waals surface area contributed by atoms with Gasteiger partial charge in [-0.15, -0.1) is 0 Å². The van der Waals surface area contributed by atoms with Gasteiger partial charge in [0.2, 0.25) is 0 Å². The molecule has 2 heteroatoms. The summed E-state index contributed by atoms with van der Waals surface area (Å²) in [6, 6.07) is 3.78. The third-order valence-corrected chi connectivity index (χ3v) is 4.78. The second kappa shape index (κ2) is 3.63. The minimum absolute atomic E-state index is 0.568. The van der Waals surface area contributed by atoms with E-state index in [1.165, 1.54) is 38.5 Å². The number of aliphatic hydroxyl groups is 1. The Hall–Kier alpha value is -0.760. The summed E-state index contributed by atoms with van der Waals surface area (Å²) < 4.78 is 5.38. The fraction of sp³-hybridized carbons (Fsp3) is 0.714. The van der Waals surface area contributed by atoms with Crippen molar-refractivity contribution < 1.29 is 9.52 Å². The molecule has 2 nitrogen and oxygen atoms in total. The number of hydrogen-bond donors (Lipinski definition) is 1. The first kappa shape index (κ1) is 10.4. The molecule has 2 fully saturated rings. The molecule has 0 aliphatic heterocycles. The van der Waals surface area contributed by atoms with Gasteiger partial charge in [0, 0.05) is 0 Å². The molecule has 0 bridgehead atoms. The minimum Gasteiger partial charge on any atom is -0.466 e. The molecule has 0 unspecified atom stereocenters. The maximum absolute atomic E-state index is 10.6. The Bertz CT molecular complexity index is 337. The predicted octanol–water partition coefficient (Wildman–Crippen LogP) is 3.60. The van der Waals surface area contributed by atoms with Crippen molar-refractivity contribution in [3.05, 3.63) is 24.2 Å². The topological polar surface area (TPSA) is 33.4 Å². The molecule has 2 aliphatic carbocycles. The van der Waals surface area contributed by atoms with Crippen molar-refractivity contribution in [1.29, 1.82) is 0 Å². The molecular formula is C14H20O2. The van der Waals surface area contributed by atoms with E-state index in [-0.39, 0.29) is 0 Å². The summed E-state index contributed by atoms with van der Waals surface area (Å²) in [5.41, 5.74) is -0.115. The van der Waals surface area contributed by atoms with Gasteiger partial charge < -0.3 is 9.52 Å². The van der Waals surface area contributed by atoms with Gasteiger partial charge in [0.05, 0.1) is 6.26 Å². The molecule has 1 aromatic heterocycles. The third-order valence-electron chi connectivity index (χ3n) is 4.78. The Morgan fingerprint density at radius 3 is 2.25 bits per heavy atom. The van der Waals surface area contributed by atoms with E-state index in [1.54, 1.807) is 6.26 Å². The summed E-state index contributed by atoms with van der Waals surface area (Å²) in [4.78, 5) is 0. The maximum atomic E-state index is 10.6. The smallest absolute Gasteiger partial charge is 0.135 e. The van der Waals surface area contributed by atoms with Crippen LogP contribution in [0.1, 0.15) is 57.1 Å². The predicted molar refractivity (Wildman–Crippen MR) is 62.0 cm³/mol. The number of hydrogen-bond acceptors (Lipinski definition) is 2. The Balaban J connectivity index is 1.74. The van der Waals surface area contributed by atoms with Gasteiger partial charge in [-0.1, -0.05) is 12.8 Å². The van der Waals surface area contributed by atoms with Crippen LogP contribution in [0.25, 0.3) is 0 Å². The molecule has 0 radical (unpaired) electrons. The van der Waals surface area contributed by atoms with Crippen LogP contribution in [0.2, 0.25) is 0 Å². The first-order valence-corrected chi connectivity index (χ1v) is 6.49. The van der Waals surface area contributed by atoms with Crippen LogP contribution in [0.3, 0.4) is 0 Å². The molecular weight excluding hydrogens is 200 g/mol. The van der Waals surface area contributed by atoms with E-state index in [9.17, 15) is 5.11 Å². The monoisotopic (exact) mass is 220 g/mol. The molecule has 1 spiro atoms. The molecule has 2 saturated carbocycles. The van der Waals surface area contributed by atoms with Crippen LogP contribution in [0, 0.1) is 5.41 Å². The zero-order valence-electron chi connectivity index (χ0n) is 9.74. The number of rotatable bonds is 1. The molecule has 0 aromatic carbocycles.